The third kappa shape index (κ3) is 6.15. The number of hydrogen-bond donors (Lipinski definition) is 0. The van der Waals surface area contributed by atoms with Gasteiger partial charge in [-0.15, -0.1) is 0 Å². The number of halogens is 2. The largest absolute Gasteiger partial charge is 0.491 e. The molecule has 5 rings (SSSR count). The Hall–Kier alpha value is -2.10. The highest BCUT2D eigenvalue weighted by atomic mass is 19.2. The first-order chi connectivity index (χ1) is 18.1. The van der Waals surface area contributed by atoms with Crippen molar-refractivity contribution >= 4 is 0 Å². The predicted molar refractivity (Wildman–Crippen MR) is 145 cm³/mol. The Morgan fingerprint density at radius 2 is 1.32 bits per heavy atom. The molecule has 3 aliphatic rings. The second-order valence-electron chi connectivity index (χ2n) is 11.9. The smallest absolute Gasteiger partial charge is 0.204 e. The van der Waals surface area contributed by atoms with Gasteiger partial charge in [-0.2, -0.15) is 8.78 Å². The van der Waals surface area contributed by atoms with Crippen molar-refractivity contribution in [3.8, 4) is 11.5 Å². The zero-order valence-electron chi connectivity index (χ0n) is 22.7. The molecule has 0 N–H and O–H groups in total. The molecule has 2 aromatic carbocycles. The molecule has 2 aromatic rings. The van der Waals surface area contributed by atoms with E-state index in [2.05, 4.69) is 25.1 Å². The standard InChI is InChI=1S/C33H44F2O2/c1-3-5-23-18-27-14-15-28(20-29(27)19-23)26-12-10-25(11-13-26)24-8-6-22(7-9-24)21-37-31-17-16-30(36-4-2)32(34)33(31)35/h14-17,20,22-26H,3-13,18-19,21H2,1-2H3. The van der Waals surface area contributed by atoms with Crippen molar-refractivity contribution < 1.29 is 18.3 Å². The number of hydrogen-bond acceptors (Lipinski definition) is 2. The van der Waals surface area contributed by atoms with E-state index in [1.54, 1.807) is 23.6 Å². The third-order valence-corrected chi connectivity index (χ3v) is 9.53. The van der Waals surface area contributed by atoms with E-state index in [1.807, 2.05) is 0 Å². The monoisotopic (exact) mass is 510 g/mol. The van der Waals surface area contributed by atoms with Gasteiger partial charge < -0.3 is 9.47 Å². The van der Waals surface area contributed by atoms with Gasteiger partial charge in [-0.1, -0.05) is 38.0 Å². The normalized spacial score (nSPS) is 27.6. The summed E-state index contributed by atoms with van der Waals surface area (Å²) in [6, 6.07) is 10.4. The van der Waals surface area contributed by atoms with E-state index in [4.69, 9.17) is 9.47 Å². The molecule has 0 spiro atoms. The molecule has 2 nitrogen and oxygen atoms in total. The van der Waals surface area contributed by atoms with Crippen LogP contribution < -0.4 is 9.47 Å². The molecule has 2 saturated carbocycles. The second-order valence-corrected chi connectivity index (χ2v) is 11.9. The summed E-state index contributed by atoms with van der Waals surface area (Å²) < 4.78 is 39.3. The van der Waals surface area contributed by atoms with Crippen LogP contribution in [0.4, 0.5) is 8.78 Å². The molecule has 0 bridgehead atoms. The Morgan fingerprint density at radius 1 is 0.703 bits per heavy atom. The molecule has 1 atom stereocenters. The van der Waals surface area contributed by atoms with Gasteiger partial charge in [-0.3, -0.25) is 0 Å². The first-order valence-corrected chi connectivity index (χ1v) is 14.9. The highest BCUT2D eigenvalue weighted by Gasteiger charge is 2.32. The Balaban J connectivity index is 1.06. The molecule has 2 fully saturated rings. The summed E-state index contributed by atoms with van der Waals surface area (Å²) >= 11 is 0. The zero-order valence-corrected chi connectivity index (χ0v) is 22.7. The van der Waals surface area contributed by atoms with Gasteiger partial charge >= 0.3 is 0 Å². The highest BCUT2D eigenvalue weighted by Crippen LogP contribution is 2.45. The molecule has 4 heteroatoms. The van der Waals surface area contributed by atoms with Crippen LogP contribution in [0.1, 0.15) is 101 Å². The quantitative estimate of drug-likeness (QED) is 0.335. The first kappa shape index (κ1) is 26.5. The molecule has 0 saturated heterocycles. The van der Waals surface area contributed by atoms with Crippen LogP contribution in [0.2, 0.25) is 0 Å². The SMILES string of the molecule is CCCC1Cc2ccc(C3CCC(C4CCC(COc5ccc(OCC)c(F)c5F)CC4)CC3)cc2C1. The fourth-order valence-electron chi connectivity index (χ4n) is 7.45. The molecule has 0 amide bonds. The van der Waals surface area contributed by atoms with E-state index >= 15 is 0 Å². The minimum atomic E-state index is -0.959. The van der Waals surface area contributed by atoms with E-state index in [-0.39, 0.29) is 11.5 Å². The minimum Gasteiger partial charge on any atom is -0.491 e. The second kappa shape index (κ2) is 12.2. The van der Waals surface area contributed by atoms with Gasteiger partial charge in [-0.05, 0) is 130 Å². The summed E-state index contributed by atoms with van der Waals surface area (Å²) in [7, 11) is 0. The van der Waals surface area contributed by atoms with Gasteiger partial charge in [0.25, 0.3) is 0 Å². The Kier molecular flexibility index (Phi) is 8.72. The molecule has 37 heavy (non-hydrogen) atoms. The average Bonchev–Trinajstić information content (AvgIpc) is 3.33. The number of rotatable bonds is 9. The first-order valence-electron chi connectivity index (χ1n) is 14.9. The molecular weight excluding hydrogens is 466 g/mol. The lowest BCUT2D eigenvalue weighted by molar-refractivity contribution is 0.129. The molecule has 3 aliphatic carbocycles. The van der Waals surface area contributed by atoms with Crippen molar-refractivity contribution in [2.24, 2.45) is 23.7 Å². The van der Waals surface area contributed by atoms with E-state index < -0.39 is 11.6 Å². The van der Waals surface area contributed by atoms with Crippen molar-refractivity contribution in [3.05, 3.63) is 58.7 Å². The molecule has 0 aliphatic heterocycles. The fourth-order valence-corrected chi connectivity index (χ4v) is 7.45. The van der Waals surface area contributed by atoms with Gasteiger partial charge in [0, 0.05) is 0 Å². The van der Waals surface area contributed by atoms with Crippen LogP contribution in [-0.4, -0.2) is 13.2 Å². The van der Waals surface area contributed by atoms with Crippen molar-refractivity contribution in [2.75, 3.05) is 13.2 Å². The summed E-state index contributed by atoms with van der Waals surface area (Å²) in [4.78, 5) is 0. The average molecular weight is 511 g/mol. The van der Waals surface area contributed by atoms with Crippen LogP contribution in [0, 0.1) is 35.3 Å². The number of ether oxygens (including phenoxy) is 2. The van der Waals surface area contributed by atoms with E-state index in [9.17, 15) is 8.78 Å². The molecule has 0 aromatic heterocycles. The van der Waals surface area contributed by atoms with Crippen molar-refractivity contribution in [2.45, 2.75) is 96.8 Å². The summed E-state index contributed by atoms with van der Waals surface area (Å²) in [5.74, 6) is 1.72. The maximum atomic E-state index is 14.3. The maximum absolute atomic E-state index is 14.3. The van der Waals surface area contributed by atoms with Crippen molar-refractivity contribution in [1.29, 1.82) is 0 Å². The van der Waals surface area contributed by atoms with Crippen LogP contribution >= 0.6 is 0 Å². The van der Waals surface area contributed by atoms with Crippen LogP contribution in [-0.2, 0) is 12.8 Å². The Labute approximate surface area is 222 Å². The fraction of sp³-hybridized carbons (Fsp3) is 0.636. The van der Waals surface area contributed by atoms with Gasteiger partial charge in [0.2, 0.25) is 11.6 Å². The van der Waals surface area contributed by atoms with Gasteiger partial charge in [-0.25, -0.2) is 0 Å². The topological polar surface area (TPSA) is 18.5 Å². The van der Waals surface area contributed by atoms with Crippen molar-refractivity contribution in [1.82, 2.24) is 0 Å². The van der Waals surface area contributed by atoms with E-state index in [1.165, 1.54) is 76.3 Å². The Morgan fingerprint density at radius 3 is 1.97 bits per heavy atom. The van der Waals surface area contributed by atoms with Gasteiger partial charge in [0.1, 0.15) is 0 Å². The Bertz CT molecular complexity index is 1030. The summed E-state index contributed by atoms with van der Waals surface area (Å²) in [6.07, 6.45) is 15.3. The number of fused-ring (bicyclic) bond motifs is 1. The van der Waals surface area contributed by atoms with Crippen LogP contribution in [0.15, 0.2) is 30.3 Å². The maximum Gasteiger partial charge on any atom is 0.204 e. The zero-order chi connectivity index (χ0) is 25.8. The minimum absolute atomic E-state index is 0.00571. The highest BCUT2D eigenvalue weighted by molar-refractivity contribution is 5.38. The van der Waals surface area contributed by atoms with Crippen LogP contribution in [0.3, 0.4) is 0 Å². The summed E-state index contributed by atoms with van der Waals surface area (Å²) in [5, 5.41) is 0. The lowest BCUT2D eigenvalue weighted by Gasteiger charge is -2.38. The van der Waals surface area contributed by atoms with Crippen LogP contribution in [0.5, 0.6) is 11.5 Å². The summed E-state index contributed by atoms with van der Waals surface area (Å²) in [6.45, 7) is 4.82. The molecule has 0 radical (unpaired) electrons. The lowest BCUT2D eigenvalue weighted by Crippen LogP contribution is -2.27. The van der Waals surface area contributed by atoms with E-state index in [0.717, 1.165) is 36.5 Å². The van der Waals surface area contributed by atoms with Gasteiger partial charge in [0.05, 0.1) is 13.2 Å². The molecule has 202 valence electrons. The number of benzene rings is 2. The third-order valence-electron chi connectivity index (χ3n) is 9.53. The molecular formula is C33H44F2O2. The molecule has 0 heterocycles. The summed E-state index contributed by atoms with van der Waals surface area (Å²) in [5.41, 5.74) is 4.83. The lowest BCUT2D eigenvalue weighted by atomic mass is 9.68. The van der Waals surface area contributed by atoms with E-state index in [0.29, 0.717) is 19.1 Å². The van der Waals surface area contributed by atoms with Crippen LogP contribution in [0.25, 0.3) is 0 Å². The predicted octanol–water partition coefficient (Wildman–Crippen LogP) is 9.04. The van der Waals surface area contributed by atoms with Gasteiger partial charge in [0.15, 0.2) is 11.5 Å². The van der Waals surface area contributed by atoms with Crippen molar-refractivity contribution in [3.63, 3.8) is 0 Å². The molecule has 1 unspecified atom stereocenters.